The summed E-state index contributed by atoms with van der Waals surface area (Å²) in [6.07, 6.45) is -2.89. The predicted molar refractivity (Wildman–Crippen MR) is 127 cm³/mol. The van der Waals surface area contributed by atoms with Gasteiger partial charge in [0, 0.05) is 42.5 Å². The maximum Gasteiger partial charge on any atom is 0.425 e. The predicted octanol–water partition coefficient (Wildman–Crippen LogP) is 3.71. The van der Waals surface area contributed by atoms with E-state index in [4.69, 9.17) is 4.74 Å². The zero-order valence-corrected chi connectivity index (χ0v) is 20.6. The van der Waals surface area contributed by atoms with Crippen LogP contribution in [0.3, 0.4) is 0 Å². The third kappa shape index (κ3) is 4.65. The molecule has 4 atom stereocenters. The van der Waals surface area contributed by atoms with Crippen LogP contribution in [0.15, 0.2) is 24.5 Å². The molecule has 2 N–H and O–H groups in total. The van der Waals surface area contributed by atoms with Gasteiger partial charge in [-0.15, -0.1) is 5.10 Å². The smallest absolute Gasteiger partial charge is 0.425 e. The van der Waals surface area contributed by atoms with Gasteiger partial charge < -0.3 is 20.1 Å². The van der Waals surface area contributed by atoms with Crippen LogP contribution in [0.5, 0.6) is 5.88 Å². The second-order valence-electron chi connectivity index (χ2n) is 10.3. The molecule has 2 fully saturated rings. The highest BCUT2D eigenvalue weighted by Gasteiger charge is 2.43. The lowest BCUT2D eigenvalue weighted by atomic mass is 9.92. The third-order valence-corrected chi connectivity index (χ3v) is 7.11. The standard InChI is InChI=1S/C24H30F3N7O2/c1-13-9-18(29-12-28-13)33-10-15-5-6-16(11-33)20(15)30-22-31-21-17(23(3,4)35)7-8-19(34(21)32-22)36-14(2)24(25,26)27/h7-9,12,14-16,20,35H,5-6,10-11H2,1-4H3,(H,30,32)/t14-,15-,16+,20-/m0/s1. The minimum absolute atomic E-state index is 0.0969. The van der Waals surface area contributed by atoms with Gasteiger partial charge in [-0.1, -0.05) is 0 Å². The first-order chi connectivity index (χ1) is 16.9. The van der Waals surface area contributed by atoms with Crippen LogP contribution in [-0.4, -0.2) is 61.1 Å². The minimum Gasteiger partial charge on any atom is -0.465 e. The molecule has 0 aromatic carbocycles. The molecule has 0 spiro atoms. The number of aromatic nitrogens is 5. The first-order valence-electron chi connectivity index (χ1n) is 12.1. The van der Waals surface area contributed by atoms with Gasteiger partial charge in [0.15, 0.2) is 11.8 Å². The van der Waals surface area contributed by atoms with Gasteiger partial charge in [0.1, 0.15) is 12.1 Å². The van der Waals surface area contributed by atoms with Crippen molar-refractivity contribution in [2.45, 2.75) is 64.5 Å². The van der Waals surface area contributed by atoms with Crippen molar-refractivity contribution in [3.8, 4) is 5.88 Å². The number of nitrogens with zero attached hydrogens (tertiary/aromatic N) is 6. The Morgan fingerprint density at radius 2 is 1.83 bits per heavy atom. The fourth-order valence-corrected chi connectivity index (χ4v) is 5.22. The molecule has 1 saturated heterocycles. The molecule has 3 aromatic rings. The molecule has 3 aromatic heterocycles. The molecule has 12 heteroatoms. The van der Waals surface area contributed by atoms with Crippen LogP contribution in [0.2, 0.25) is 0 Å². The molecule has 194 valence electrons. The summed E-state index contributed by atoms with van der Waals surface area (Å²) >= 11 is 0. The molecular weight excluding hydrogens is 475 g/mol. The Balaban J connectivity index is 1.42. The number of aliphatic hydroxyl groups is 1. The first kappa shape index (κ1) is 24.5. The Bertz CT molecular complexity index is 1240. The Morgan fingerprint density at radius 1 is 1.14 bits per heavy atom. The molecular formula is C24H30F3N7O2. The van der Waals surface area contributed by atoms with Gasteiger partial charge in [0.25, 0.3) is 0 Å². The van der Waals surface area contributed by atoms with Crippen molar-refractivity contribution < 1.29 is 23.0 Å². The molecule has 36 heavy (non-hydrogen) atoms. The number of alkyl halides is 3. The van der Waals surface area contributed by atoms with E-state index in [0.717, 1.165) is 44.4 Å². The summed E-state index contributed by atoms with van der Waals surface area (Å²) in [5.41, 5.74) is 0.326. The van der Waals surface area contributed by atoms with E-state index in [1.807, 2.05) is 13.0 Å². The maximum absolute atomic E-state index is 13.2. The summed E-state index contributed by atoms with van der Waals surface area (Å²) in [7, 11) is 0. The van der Waals surface area contributed by atoms with E-state index in [1.165, 1.54) is 16.6 Å². The van der Waals surface area contributed by atoms with E-state index < -0.39 is 17.9 Å². The number of nitrogens with one attached hydrogen (secondary N) is 1. The Hall–Kier alpha value is -3.15. The molecule has 9 nitrogen and oxygen atoms in total. The summed E-state index contributed by atoms with van der Waals surface area (Å²) < 4.78 is 45.9. The van der Waals surface area contributed by atoms with Crippen LogP contribution < -0.4 is 15.0 Å². The quantitative estimate of drug-likeness (QED) is 0.523. The van der Waals surface area contributed by atoms with Crippen LogP contribution in [0.4, 0.5) is 24.9 Å². The number of hydrogen-bond donors (Lipinski definition) is 2. The number of rotatable bonds is 6. The molecule has 4 heterocycles. The molecule has 0 radical (unpaired) electrons. The zero-order valence-electron chi connectivity index (χ0n) is 20.6. The number of fused-ring (bicyclic) bond motifs is 3. The van der Waals surface area contributed by atoms with Gasteiger partial charge >= 0.3 is 6.18 Å². The van der Waals surface area contributed by atoms with E-state index in [-0.39, 0.29) is 17.6 Å². The van der Waals surface area contributed by atoms with Crippen LogP contribution >= 0.6 is 0 Å². The van der Waals surface area contributed by atoms with Crippen LogP contribution in [0.25, 0.3) is 5.65 Å². The molecule has 1 aliphatic carbocycles. The number of hydrogen-bond acceptors (Lipinski definition) is 8. The highest BCUT2D eigenvalue weighted by Crippen LogP contribution is 2.40. The van der Waals surface area contributed by atoms with E-state index in [9.17, 15) is 18.3 Å². The van der Waals surface area contributed by atoms with Gasteiger partial charge in [0.2, 0.25) is 11.8 Å². The summed E-state index contributed by atoms with van der Waals surface area (Å²) in [5, 5.41) is 18.5. The minimum atomic E-state index is -4.53. The van der Waals surface area contributed by atoms with Crippen molar-refractivity contribution in [1.82, 2.24) is 24.6 Å². The van der Waals surface area contributed by atoms with E-state index in [0.29, 0.717) is 23.3 Å². The van der Waals surface area contributed by atoms with Crippen molar-refractivity contribution in [2.24, 2.45) is 11.8 Å². The fourth-order valence-electron chi connectivity index (χ4n) is 5.22. The summed E-state index contributed by atoms with van der Waals surface area (Å²) in [6, 6.07) is 5.01. The molecule has 0 amide bonds. The van der Waals surface area contributed by atoms with Crippen molar-refractivity contribution in [3.63, 3.8) is 0 Å². The average molecular weight is 506 g/mol. The summed E-state index contributed by atoms with van der Waals surface area (Å²) in [4.78, 5) is 15.5. The molecule has 1 saturated carbocycles. The lowest BCUT2D eigenvalue weighted by molar-refractivity contribution is -0.190. The zero-order chi connectivity index (χ0) is 25.8. The number of anilines is 2. The number of pyridine rings is 1. The second kappa shape index (κ2) is 8.75. The van der Waals surface area contributed by atoms with Crippen molar-refractivity contribution in [2.75, 3.05) is 23.3 Å². The number of ether oxygens (including phenoxy) is 1. The normalized spacial score (nSPS) is 23.2. The topological polar surface area (TPSA) is 101 Å². The summed E-state index contributed by atoms with van der Waals surface area (Å²) in [5.74, 6) is 1.78. The highest BCUT2D eigenvalue weighted by atomic mass is 19.4. The van der Waals surface area contributed by atoms with Gasteiger partial charge in [-0.2, -0.15) is 22.7 Å². The lowest BCUT2D eigenvalue weighted by Gasteiger charge is -2.38. The SMILES string of the molecule is Cc1cc(N2C[C@H]3CC[C@@H](C2)[C@@H]3Nc2nc3c(C(C)(C)O)ccc(O[C@@H](C)C(F)(F)F)n3n2)ncn1. The monoisotopic (exact) mass is 505 g/mol. The van der Waals surface area contributed by atoms with Crippen molar-refractivity contribution in [1.29, 1.82) is 0 Å². The van der Waals surface area contributed by atoms with Crippen molar-refractivity contribution >= 4 is 17.4 Å². The Kier molecular flexibility index (Phi) is 5.97. The van der Waals surface area contributed by atoms with Gasteiger partial charge in [-0.3, -0.25) is 0 Å². The lowest BCUT2D eigenvalue weighted by Crippen LogP contribution is -2.48. The molecule has 1 aliphatic heterocycles. The average Bonchev–Trinajstić information content (AvgIpc) is 3.29. The van der Waals surface area contributed by atoms with Gasteiger partial charge in [-0.05, 0) is 58.4 Å². The maximum atomic E-state index is 13.2. The Morgan fingerprint density at radius 3 is 2.44 bits per heavy atom. The van der Waals surface area contributed by atoms with Crippen molar-refractivity contribution in [3.05, 3.63) is 35.8 Å². The highest BCUT2D eigenvalue weighted by molar-refractivity contribution is 5.56. The number of aryl methyl sites for hydroxylation is 1. The molecule has 2 bridgehead atoms. The molecule has 5 rings (SSSR count). The largest absolute Gasteiger partial charge is 0.465 e. The second-order valence-corrected chi connectivity index (χ2v) is 10.3. The number of halogens is 3. The third-order valence-electron chi connectivity index (χ3n) is 7.11. The fraction of sp³-hybridized carbons (Fsp3) is 0.583. The molecule has 2 aliphatic rings. The van der Waals surface area contributed by atoms with E-state index in [2.05, 4.69) is 30.3 Å². The van der Waals surface area contributed by atoms with Gasteiger partial charge in [0.05, 0.1) is 5.60 Å². The van der Waals surface area contributed by atoms with E-state index >= 15 is 0 Å². The van der Waals surface area contributed by atoms with E-state index in [1.54, 1.807) is 20.2 Å². The van der Waals surface area contributed by atoms with Gasteiger partial charge in [-0.25, -0.2) is 9.97 Å². The van der Waals surface area contributed by atoms with Crippen LogP contribution in [0, 0.1) is 18.8 Å². The van der Waals surface area contributed by atoms with Crippen LogP contribution in [-0.2, 0) is 5.60 Å². The molecule has 0 unspecified atom stereocenters. The summed E-state index contributed by atoms with van der Waals surface area (Å²) in [6.45, 7) is 7.71. The Labute approximate surface area is 206 Å². The van der Waals surface area contributed by atoms with Crippen LogP contribution in [0.1, 0.15) is 44.9 Å². The number of piperidine rings is 1. The first-order valence-corrected chi connectivity index (χ1v) is 12.1.